The standard InChI is InChI=1S/2C12H14O.H2S/c2*1-3-6-10-8-5-9-12(13)11(10)7-4-2;/h2*3-5,8-9,13H,1-2,6-7H2;1H2. The number of phenolic OH excluding ortho intramolecular Hbond substituents is 2. The fourth-order valence-corrected chi connectivity index (χ4v) is 2.70. The Labute approximate surface area is 170 Å². The number of phenols is 2. The molecule has 0 saturated carbocycles. The predicted molar refractivity (Wildman–Crippen MR) is 122 cm³/mol. The van der Waals surface area contributed by atoms with E-state index in [0.29, 0.717) is 24.3 Å². The van der Waals surface area contributed by atoms with Crippen LogP contribution >= 0.6 is 13.5 Å². The van der Waals surface area contributed by atoms with Crippen LogP contribution in [0.25, 0.3) is 0 Å². The number of benzene rings is 2. The first-order chi connectivity index (χ1) is 12.6. The first-order valence-corrected chi connectivity index (χ1v) is 8.62. The summed E-state index contributed by atoms with van der Waals surface area (Å²) in [6.45, 7) is 14.7. The van der Waals surface area contributed by atoms with Gasteiger partial charge in [0.2, 0.25) is 0 Å². The molecular weight excluding hydrogens is 352 g/mol. The van der Waals surface area contributed by atoms with Gasteiger partial charge in [-0.2, -0.15) is 13.5 Å². The highest BCUT2D eigenvalue weighted by Gasteiger charge is 2.04. The summed E-state index contributed by atoms with van der Waals surface area (Å²) in [4.78, 5) is 0. The van der Waals surface area contributed by atoms with E-state index in [1.165, 1.54) is 0 Å². The third kappa shape index (κ3) is 7.63. The van der Waals surface area contributed by atoms with Crippen LogP contribution in [0, 0.1) is 0 Å². The van der Waals surface area contributed by atoms with E-state index in [9.17, 15) is 10.2 Å². The van der Waals surface area contributed by atoms with E-state index in [0.717, 1.165) is 35.1 Å². The minimum Gasteiger partial charge on any atom is -0.508 e. The molecule has 0 atom stereocenters. The lowest BCUT2D eigenvalue weighted by Crippen LogP contribution is -1.91. The molecule has 2 nitrogen and oxygen atoms in total. The molecule has 3 heteroatoms. The first kappa shape index (κ1) is 24.4. The maximum atomic E-state index is 9.57. The third-order valence-corrected chi connectivity index (χ3v) is 3.92. The van der Waals surface area contributed by atoms with Crippen molar-refractivity contribution in [2.24, 2.45) is 0 Å². The van der Waals surface area contributed by atoms with Crippen LogP contribution in [-0.2, 0) is 25.7 Å². The van der Waals surface area contributed by atoms with Crippen LogP contribution in [0.1, 0.15) is 22.3 Å². The fraction of sp³-hybridized carbons (Fsp3) is 0.167. The highest BCUT2D eigenvalue weighted by atomic mass is 32.1. The number of allylic oxidation sites excluding steroid dienone is 4. The van der Waals surface area contributed by atoms with Gasteiger partial charge in [-0.15, -0.1) is 26.3 Å². The van der Waals surface area contributed by atoms with Crippen molar-refractivity contribution in [3.8, 4) is 11.5 Å². The minimum absolute atomic E-state index is 0. The molecule has 0 unspecified atom stereocenters. The Morgan fingerprint density at radius 2 is 0.926 bits per heavy atom. The third-order valence-electron chi connectivity index (χ3n) is 3.92. The van der Waals surface area contributed by atoms with Gasteiger partial charge in [0.05, 0.1) is 0 Å². The second-order valence-corrected chi connectivity index (χ2v) is 5.80. The van der Waals surface area contributed by atoms with Gasteiger partial charge < -0.3 is 10.2 Å². The second kappa shape index (κ2) is 13.5. The largest absolute Gasteiger partial charge is 0.508 e. The molecular formula is C24H30O2S. The molecule has 0 amide bonds. The van der Waals surface area contributed by atoms with Gasteiger partial charge in [-0.1, -0.05) is 48.6 Å². The van der Waals surface area contributed by atoms with Crippen molar-refractivity contribution in [1.29, 1.82) is 0 Å². The molecule has 0 aliphatic carbocycles. The molecule has 0 radical (unpaired) electrons. The number of rotatable bonds is 8. The smallest absolute Gasteiger partial charge is 0.119 e. The zero-order valence-electron chi connectivity index (χ0n) is 15.8. The van der Waals surface area contributed by atoms with E-state index in [1.54, 1.807) is 24.3 Å². The molecule has 2 rings (SSSR count). The molecule has 0 spiro atoms. The zero-order chi connectivity index (χ0) is 19.4. The van der Waals surface area contributed by atoms with E-state index in [2.05, 4.69) is 26.3 Å². The molecule has 144 valence electrons. The van der Waals surface area contributed by atoms with Crippen molar-refractivity contribution < 1.29 is 10.2 Å². The highest BCUT2D eigenvalue weighted by Crippen LogP contribution is 2.23. The summed E-state index contributed by atoms with van der Waals surface area (Å²) in [5, 5.41) is 19.1. The number of hydrogen-bond acceptors (Lipinski definition) is 2. The van der Waals surface area contributed by atoms with Crippen LogP contribution in [0.3, 0.4) is 0 Å². The Bertz CT molecular complexity index is 697. The van der Waals surface area contributed by atoms with E-state index in [-0.39, 0.29) is 13.5 Å². The van der Waals surface area contributed by atoms with Crippen molar-refractivity contribution in [2.45, 2.75) is 25.7 Å². The fourth-order valence-electron chi connectivity index (χ4n) is 2.70. The van der Waals surface area contributed by atoms with Crippen LogP contribution in [0.2, 0.25) is 0 Å². The van der Waals surface area contributed by atoms with Gasteiger partial charge in [-0.3, -0.25) is 0 Å². The maximum Gasteiger partial charge on any atom is 0.119 e. The van der Waals surface area contributed by atoms with E-state index in [1.807, 2.05) is 36.4 Å². The van der Waals surface area contributed by atoms with Gasteiger partial charge in [0.15, 0.2) is 0 Å². The maximum absolute atomic E-state index is 9.57. The molecule has 2 aromatic carbocycles. The Morgan fingerprint density at radius 3 is 1.22 bits per heavy atom. The van der Waals surface area contributed by atoms with Gasteiger partial charge in [0.1, 0.15) is 11.5 Å². The second-order valence-electron chi connectivity index (χ2n) is 5.80. The van der Waals surface area contributed by atoms with Gasteiger partial charge in [0, 0.05) is 11.1 Å². The van der Waals surface area contributed by atoms with E-state index < -0.39 is 0 Å². The van der Waals surface area contributed by atoms with Crippen LogP contribution < -0.4 is 0 Å². The summed E-state index contributed by atoms with van der Waals surface area (Å²) in [5.74, 6) is 0.693. The van der Waals surface area contributed by atoms with Crippen molar-refractivity contribution >= 4 is 13.5 Å². The minimum atomic E-state index is 0. The Morgan fingerprint density at radius 1 is 0.593 bits per heavy atom. The summed E-state index contributed by atoms with van der Waals surface area (Å²) in [7, 11) is 0. The molecule has 0 saturated heterocycles. The monoisotopic (exact) mass is 382 g/mol. The lowest BCUT2D eigenvalue weighted by molar-refractivity contribution is 0.468. The highest BCUT2D eigenvalue weighted by molar-refractivity contribution is 7.59. The predicted octanol–water partition coefficient (Wildman–Crippen LogP) is 5.81. The lowest BCUT2D eigenvalue weighted by atomic mass is 10.0. The average Bonchev–Trinajstić information content (AvgIpc) is 2.62. The quantitative estimate of drug-likeness (QED) is 0.566. The van der Waals surface area contributed by atoms with E-state index >= 15 is 0 Å². The SMILES string of the molecule is C=CCc1cccc(O)c1CC=C.C=CCc1cccc(O)c1CC=C.S. The van der Waals surface area contributed by atoms with Crippen LogP contribution in [-0.4, -0.2) is 10.2 Å². The van der Waals surface area contributed by atoms with Gasteiger partial charge in [-0.25, -0.2) is 0 Å². The van der Waals surface area contributed by atoms with Crippen LogP contribution in [0.5, 0.6) is 11.5 Å². The van der Waals surface area contributed by atoms with Crippen LogP contribution in [0.15, 0.2) is 87.0 Å². The number of aromatic hydroxyl groups is 2. The molecule has 0 heterocycles. The molecule has 27 heavy (non-hydrogen) atoms. The van der Waals surface area contributed by atoms with Gasteiger partial charge in [0.25, 0.3) is 0 Å². The normalized spacial score (nSPS) is 9.19. The number of hydrogen-bond donors (Lipinski definition) is 2. The summed E-state index contributed by atoms with van der Waals surface area (Å²) in [5.41, 5.74) is 4.15. The zero-order valence-corrected chi connectivity index (χ0v) is 16.8. The van der Waals surface area contributed by atoms with Gasteiger partial charge >= 0.3 is 0 Å². The van der Waals surface area contributed by atoms with Crippen molar-refractivity contribution in [3.05, 3.63) is 109 Å². The Balaban J connectivity index is 0.000000483. The molecule has 0 aromatic heterocycles. The summed E-state index contributed by atoms with van der Waals surface area (Å²) >= 11 is 0. The van der Waals surface area contributed by atoms with Crippen molar-refractivity contribution in [2.75, 3.05) is 0 Å². The van der Waals surface area contributed by atoms with Crippen molar-refractivity contribution in [3.63, 3.8) is 0 Å². The molecule has 0 bridgehead atoms. The molecule has 2 aromatic rings. The topological polar surface area (TPSA) is 40.5 Å². The summed E-state index contributed by atoms with van der Waals surface area (Å²) in [6.07, 6.45) is 10.2. The molecule has 0 aliphatic heterocycles. The lowest BCUT2D eigenvalue weighted by Gasteiger charge is -2.07. The summed E-state index contributed by atoms with van der Waals surface area (Å²) in [6, 6.07) is 11.1. The summed E-state index contributed by atoms with van der Waals surface area (Å²) < 4.78 is 0. The Kier molecular flexibility index (Phi) is 12.2. The molecule has 0 fully saturated rings. The van der Waals surface area contributed by atoms with Crippen LogP contribution in [0.4, 0.5) is 0 Å². The van der Waals surface area contributed by atoms with E-state index in [4.69, 9.17) is 0 Å². The van der Waals surface area contributed by atoms with Gasteiger partial charge in [-0.05, 0) is 48.9 Å². The average molecular weight is 383 g/mol. The molecule has 0 aliphatic rings. The first-order valence-electron chi connectivity index (χ1n) is 8.62. The Hall–Kier alpha value is -2.65. The van der Waals surface area contributed by atoms with Crippen molar-refractivity contribution in [1.82, 2.24) is 0 Å². The molecule has 2 N–H and O–H groups in total.